The van der Waals surface area contributed by atoms with E-state index >= 15 is 0 Å². The first kappa shape index (κ1) is 23.0. The summed E-state index contributed by atoms with van der Waals surface area (Å²) in [4.78, 5) is 12.9. The molecule has 1 rings (SSSR count). The van der Waals surface area contributed by atoms with E-state index in [1.54, 1.807) is 0 Å². The number of alkyl halides is 3. The summed E-state index contributed by atoms with van der Waals surface area (Å²) in [5.41, 5.74) is 5.34. The molecule has 0 aromatic rings. The van der Waals surface area contributed by atoms with Gasteiger partial charge in [-0.15, -0.1) is 24.8 Å². The third-order valence-electron chi connectivity index (χ3n) is 3.13. The van der Waals surface area contributed by atoms with Crippen molar-refractivity contribution in [3.8, 4) is 0 Å². The lowest BCUT2D eigenvalue weighted by atomic mass is 10.1. The maximum absolute atomic E-state index is 12.2. The molecule has 0 aromatic heterocycles. The fourth-order valence-corrected chi connectivity index (χ4v) is 2.15. The summed E-state index contributed by atoms with van der Waals surface area (Å²) in [6.45, 7) is 0.298. The van der Waals surface area contributed by atoms with E-state index < -0.39 is 18.8 Å². The molecule has 5 nitrogen and oxygen atoms in total. The van der Waals surface area contributed by atoms with Gasteiger partial charge in [-0.25, -0.2) is 0 Å². The summed E-state index contributed by atoms with van der Waals surface area (Å²) >= 11 is 0. The fraction of sp³-hybridized carbons (Fsp3) is 0.909. The minimum Gasteiger partial charge on any atom is -0.370 e. The molecule has 0 bridgehead atoms. The summed E-state index contributed by atoms with van der Waals surface area (Å²) in [5.74, 6) is -0.277. The Kier molecular flexibility index (Phi) is 11.4. The van der Waals surface area contributed by atoms with Crippen molar-refractivity contribution < 1.29 is 22.7 Å². The highest BCUT2D eigenvalue weighted by Gasteiger charge is 2.34. The molecule has 0 aromatic carbocycles. The first-order valence-electron chi connectivity index (χ1n) is 6.15. The molecule has 10 heteroatoms. The molecular formula is C11H22Cl2F3N3O2. The lowest BCUT2D eigenvalue weighted by Crippen LogP contribution is -2.42. The molecule has 1 aliphatic rings. The van der Waals surface area contributed by atoms with Crippen LogP contribution >= 0.6 is 24.8 Å². The van der Waals surface area contributed by atoms with Crippen LogP contribution in [0.4, 0.5) is 13.2 Å². The number of rotatable bonds is 6. The predicted molar refractivity (Wildman–Crippen MR) is 78.0 cm³/mol. The molecule has 1 heterocycles. The standard InChI is InChI=1S/C11H20F3N3O2.2ClH/c1-19-9(4-15)10(18)16-5-8-2-3-17(6-8)7-11(12,13)14;;/h8-9H,2-7,15H2,1H3,(H,16,18);2*1H. The Hall–Kier alpha value is -0.280. The van der Waals surface area contributed by atoms with Gasteiger partial charge in [0.15, 0.2) is 0 Å². The van der Waals surface area contributed by atoms with Gasteiger partial charge in [0.2, 0.25) is 5.91 Å². The molecule has 1 fully saturated rings. The monoisotopic (exact) mass is 355 g/mol. The number of nitrogens with zero attached hydrogens (tertiary/aromatic N) is 1. The second-order valence-electron chi connectivity index (χ2n) is 4.71. The number of hydrogen-bond acceptors (Lipinski definition) is 4. The number of amides is 1. The van der Waals surface area contributed by atoms with Crippen molar-refractivity contribution in [2.75, 3.05) is 39.8 Å². The summed E-state index contributed by atoms with van der Waals surface area (Å²) in [7, 11) is 1.39. The number of carbonyl (C=O) groups is 1. The molecule has 128 valence electrons. The van der Waals surface area contributed by atoms with Gasteiger partial charge in [0.25, 0.3) is 0 Å². The highest BCUT2D eigenvalue weighted by atomic mass is 35.5. The van der Waals surface area contributed by atoms with E-state index in [4.69, 9.17) is 10.5 Å². The molecule has 0 spiro atoms. The van der Waals surface area contributed by atoms with Crippen LogP contribution in [0.3, 0.4) is 0 Å². The number of carbonyl (C=O) groups excluding carboxylic acids is 1. The van der Waals surface area contributed by atoms with Crippen LogP contribution < -0.4 is 11.1 Å². The highest BCUT2D eigenvalue weighted by molar-refractivity contribution is 5.85. The molecule has 0 saturated carbocycles. The third kappa shape index (κ3) is 8.67. The molecule has 2 atom stereocenters. The van der Waals surface area contributed by atoms with E-state index in [1.807, 2.05) is 0 Å². The van der Waals surface area contributed by atoms with Crippen LogP contribution in [-0.2, 0) is 9.53 Å². The average Bonchev–Trinajstić information content (AvgIpc) is 2.73. The van der Waals surface area contributed by atoms with Crippen LogP contribution in [0.25, 0.3) is 0 Å². The van der Waals surface area contributed by atoms with Crippen molar-refractivity contribution in [3.05, 3.63) is 0 Å². The zero-order chi connectivity index (χ0) is 14.5. The van der Waals surface area contributed by atoms with Crippen molar-refractivity contribution in [3.63, 3.8) is 0 Å². The van der Waals surface area contributed by atoms with Gasteiger partial charge in [-0.3, -0.25) is 9.69 Å². The molecule has 1 amide bonds. The first-order chi connectivity index (χ1) is 8.85. The van der Waals surface area contributed by atoms with Gasteiger partial charge in [-0.05, 0) is 18.9 Å². The highest BCUT2D eigenvalue weighted by Crippen LogP contribution is 2.22. The summed E-state index contributed by atoms with van der Waals surface area (Å²) in [6, 6.07) is 0. The number of ether oxygens (including phenoxy) is 1. The topological polar surface area (TPSA) is 67.6 Å². The van der Waals surface area contributed by atoms with Crippen LogP contribution in [0.2, 0.25) is 0 Å². The Balaban J connectivity index is 0. The van der Waals surface area contributed by atoms with Crippen molar-refractivity contribution in [1.29, 1.82) is 0 Å². The maximum Gasteiger partial charge on any atom is 0.401 e. The zero-order valence-corrected chi connectivity index (χ0v) is 13.3. The zero-order valence-electron chi connectivity index (χ0n) is 11.7. The molecule has 0 radical (unpaired) electrons. The van der Waals surface area contributed by atoms with Crippen LogP contribution in [0.15, 0.2) is 0 Å². The van der Waals surface area contributed by atoms with E-state index in [2.05, 4.69) is 5.32 Å². The van der Waals surface area contributed by atoms with Crippen molar-refractivity contribution in [2.24, 2.45) is 11.7 Å². The minimum atomic E-state index is -4.17. The van der Waals surface area contributed by atoms with E-state index in [0.29, 0.717) is 26.1 Å². The summed E-state index contributed by atoms with van der Waals surface area (Å²) < 4.78 is 41.5. The fourth-order valence-electron chi connectivity index (χ4n) is 2.15. The van der Waals surface area contributed by atoms with E-state index in [9.17, 15) is 18.0 Å². The Labute approximate surface area is 134 Å². The average molecular weight is 356 g/mol. The quantitative estimate of drug-likeness (QED) is 0.739. The van der Waals surface area contributed by atoms with Crippen molar-refractivity contribution in [2.45, 2.75) is 18.7 Å². The van der Waals surface area contributed by atoms with Gasteiger partial charge in [-0.1, -0.05) is 0 Å². The number of nitrogens with one attached hydrogen (secondary N) is 1. The summed E-state index contributed by atoms with van der Waals surface area (Å²) in [6.07, 6.45) is -4.22. The largest absolute Gasteiger partial charge is 0.401 e. The van der Waals surface area contributed by atoms with Gasteiger partial charge in [0, 0.05) is 26.7 Å². The maximum atomic E-state index is 12.2. The van der Waals surface area contributed by atoms with Crippen LogP contribution in [0, 0.1) is 5.92 Å². The Morgan fingerprint density at radius 3 is 2.57 bits per heavy atom. The number of nitrogens with two attached hydrogens (primary N) is 1. The van der Waals surface area contributed by atoms with Gasteiger partial charge in [0.05, 0.1) is 6.54 Å². The smallest absolute Gasteiger partial charge is 0.370 e. The molecule has 2 unspecified atom stereocenters. The molecule has 3 N–H and O–H groups in total. The molecule has 0 aliphatic carbocycles. The number of halogens is 5. The molecular weight excluding hydrogens is 334 g/mol. The van der Waals surface area contributed by atoms with E-state index in [0.717, 1.165) is 0 Å². The van der Waals surface area contributed by atoms with Gasteiger partial charge >= 0.3 is 6.18 Å². The van der Waals surface area contributed by atoms with Crippen LogP contribution in [0.1, 0.15) is 6.42 Å². The van der Waals surface area contributed by atoms with Gasteiger partial charge < -0.3 is 15.8 Å². The van der Waals surface area contributed by atoms with Crippen molar-refractivity contribution in [1.82, 2.24) is 10.2 Å². The summed E-state index contributed by atoms with van der Waals surface area (Å²) in [5, 5.41) is 2.66. The second kappa shape index (κ2) is 10.4. The lowest BCUT2D eigenvalue weighted by Gasteiger charge is -2.18. The van der Waals surface area contributed by atoms with Crippen molar-refractivity contribution >= 4 is 30.7 Å². The third-order valence-corrected chi connectivity index (χ3v) is 3.13. The Bertz CT molecular complexity index is 305. The van der Waals surface area contributed by atoms with E-state index in [-0.39, 0.29) is 43.2 Å². The first-order valence-corrected chi connectivity index (χ1v) is 6.15. The van der Waals surface area contributed by atoms with Gasteiger partial charge in [-0.2, -0.15) is 13.2 Å². The molecule has 1 saturated heterocycles. The SMILES string of the molecule is COC(CN)C(=O)NCC1CCN(CC(F)(F)F)C1.Cl.Cl. The number of methoxy groups -OCH3 is 1. The van der Waals surface area contributed by atoms with Crippen LogP contribution in [0.5, 0.6) is 0 Å². The van der Waals surface area contributed by atoms with Crippen LogP contribution in [-0.4, -0.2) is 62.9 Å². The van der Waals surface area contributed by atoms with Gasteiger partial charge in [0.1, 0.15) is 6.10 Å². The molecule has 21 heavy (non-hydrogen) atoms. The molecule has 1 aliphatic heterocycles. The Morgan fingerprint density at radius 2 is 2.10 bits per heavy atom. The normalized spacial score (nSPS) is 20.3. The van der Waals surface area contributed by atoms with E-state index in [1.165, 1.54) is 12.0 Å². The lowest BCUT2D eigenvalue weighted by molar-refractivity contribution is -0.144. The predicted octanol–water partition coefficient (Wildman–Crippen LogP) is 0.804. The Morgan fingerprint density at radius 1 is 1.48 bits per heavy atom. The number of likely N-dealkylation sites (tertiary alicyclic amines) is 1. The minimum absolute atomic E-state index is 0. The second-order valence-corrected chi connectivity index (χ2v) is 4.71. The number of hydrogen-bond donors (Lipinski definition) is 2.